The van der Waals surface area contributed by atoms with E-state index in [2.05, 4.69) is 4.98 Å². The summed E-state index contributed by atoms with van der Waals surface area (Å²) in [6.45, 7) is 3.96. The number of Topliss-reactive ketones (excluding diaryl/α,β-unsaturated/α-hetero) is 1. The molecule has 0 amide bonds. The fourth-order valence-electron chi connectivity index (χ4n) is 1.10. The zero-order valence-corrected chi connectivity index (χ0v) is 8.07. The van der Waals surface area contributed by atoms with Crippen LogP contribution >= 0.6 is 11.3 Å². The zero-order valence-electron chi connectivity index (χ0n) is 7.26. The minimum atomic E-state index is 0.260. The summed E-state index contributed by atoms with van der Waals surface area (Å²) >= 11 is 1.53. The Bertz CT molecular complexity index is 306. The molecule has 0 saturated heterocycles. The van der Waals surface area contributed by atoms with Gasteiger partial charge in [0.05, 0.1) is 5.69 Å². The van der Waals surface area contributed by atoms with Crippen LogP contribution < -0.4 is 0 Å². The molecule has 1 aromatic rings. The first-order valence-electron chi connectivity index (χ1n) is 4.16. The van der Waals surface area contributed by atoms with Crippen LogP contribution in [0, 0.1) is 19.8 Å². The monoisotopic (exact) mass is 181 g/mol. The number of carbonyl (C=O) groups is 1. The Kier molecular flexibility index (Phi) is 1.76. The van der Waals surface area contributed by atoms with E-state index in [0.29, 0.717) is 10.9 Å². The van der Waals surface area contributed by atoms with E-state index in [1.807, 2.05) is 13.8 Å². The molecule has 0 bridgehead atoms. The Morgan fingerprint density at radius 3 is 2.58 bits per heavy atom. The average Bonchev–Trinajstić information content (AvgIpc) is 2.80. The fourth-order valence-corrected chi connectivity index (χ4v) is 2.03. The first kappa shape index (κ1) is 7.92. The molecule has 3 heteroatoms. The van der Waals surface area contributed by atoms with Gasteiger partial charge in [0.1, 0.15) is 0 Å². The molecule has 64 valence electrons. The van der Waals surface area contributed by atoms with E-state index in [1.165, 1.54) is 16.2 Å². The number of ketones is 1. The minimum absolute atomic E-state index is 0.260. The molecule has 0 aliphatic heterocycles. The number of hydrogen-bond acceptors (Lipinski definition) is 3. The second-order valence-electron chi connectivity index (χ2n) is 3.30. The highest BCUT2D eigenvalue weighted by Crippen LogP contribution is 2.34. The smallest absolute Gasteiger partial charge is 0.194 e. The van der Waals surface area contributed by atoms with Crippen LogP contribution in [0.25, 0.3) is 0 Å². The SMILES string of the molecule is Cc1nc(C(=O)C2CC2)sc1C. The van der Waals surface area contributed by atoms with Crippen LogP contribution in [0.3, 0.4) is 0 Å². The van der Waals surface area contributed by atoms with E-state index in [9.17, 15) is 4.79 Å². The summed E-state index contributed by atoms with van der Waals surface area (Å²) in [6.07, 6.45) is 2.13. The lowest BCUT2D eigenvalue weighted by molar-refractivity contribution is 0.0967. The van der Waals surface area contributed by atoms with Gasteiger partial charge in [0, 0.05) is 10.8 Å². The van der Waals surface area contributed by atoms with Gasteiger partial charge < -0.3 is 0 Å². The molecule has 12 heavy (non-hydrogen) atoms. The van der Waals surface area contributed by atoms with Crippen molar-refractivity contribution in [2.24, 2.45) is 5.92 Å². The van der Waals surface area contributed by atoms with Crippen molar-refractivity contribution in [2.75, 3.05) is 0 Å². The Labute approximate surface area is 75.6 Å². The second kappa shape index (κ2) is 2.66. The second-order valence-corrected chi connectivity index (χ2v) is 4.50. The van der Waals surface area contributed by atoms with Crippen molar-refractivity contribution in [3.05, 3.63) is 15.6 Å². The van der Waals surface area contributed by atoms with E-state index in [1.54, 1.807) is 0 Å². The number of hydrogen-bond donors (Lipinski definition) is 0. The normalized spacial score (nSPS) is 16.5. The van der Waals surface area contributed by atoms with Crippen molar-refractivity contribution in [3.63, 3.8) is 0 Å². The van der Waals surface area contributed by atoms with E-state index in [4.69, 9.17) is 0 Å². The maximum absolute atomic E-state index is 11.5. The Morgan fingerprint density at radius 2 is 2.17 bits per heavy atom. The van der Waals surface area contributed by atoms with Gasteiger partial charge in [-0.2, -0.15) is 0 Å². The first-order valence-corrected chi connectivity index (χ1v) is 4.98. The van der Waals surface area contributed by atoms with Crippen LogP contribution in [0.5, 0.6) is 0 Å². The lowest BCUT2D eigenvalue weighted by Gasteiger charge is -1.88. The third-order valence-corrected chi connectivity index (χ3v) is 3.27. The van der Waals surface area contributed by atoms with E-state index in [-0.39, 0.29) is 5.78 Å². The minimum Gasteiger partial charge on any atom is -0.291 e. The topological polar surface area (TPSA) is 30.0 Å². The maximum atomic E-state index is 11.5. The van der Waals surface area contributed by atoms with Crippen LogP contribution in [-0.4, -0.2) is 10.8 Å². The van der Waals surface area contributed by atoms with Gasteiger partial charge in [-0.05, 0) is 26.7 Å². The molecule has 0 N–H and O–H groups in total. The lowest BCUT2D eigenvalue weighted by Crippen LogP contribution is -1.99. The first-order chi connectivity index (χ1) is 5.68. The summed E-state index contributed by atoms with van der Waals surface area (Å²) in [6, 6.07) is 0. The molecule has 0 spiro atoms. The zero-order chi connectivity index (χ0) is 8.72. The highest BCUT2D eigenvalue weighted by atomic mass is 32.1. The van der Waals surface area contributed by atoms with E-state index in [0.717, 1.165) is 18.5 Å². The average molecular weight is 181 g/mol. The predicted octanol–water partition coefficient (Wildman–Crippen LogP) is 2.35. The van der Waals surface area contributed by atoms with Gasteiger partial charge in [-0.1, -0.05) is 0 Å². The molecular weight excluding hydrogens is 170 g/mol. The molecule has 0 unspecified atom stereocenters. The highest BCUT2D eigenvalue weighted by molar-refractivity contribution is 7.13. The van der Waals surface area contributed by atoms with Gasteiger partial charge >= 0.3 is 0 Å². The van der Waals surface area contributed by atoms with Gasteiger partial charge in [0.25, 0.3) is 0 Å². The molecule has 0 aromatic carbocycles. The van der Waals surface area contributed by atoms with Crippen molar-refractivity contribution in [2.45, 2.75) is 26.7 Å². The number of rotatable bonds is 2. The summed E-state index contributed by atoms with van der Waals surface area (Å²) in [5, 5.41) is 0.715. The Morgan fingerprint density at radius 1 is 1.50 bits per heavy atom. The van der Waals surface area contributed by atoms with Crippen molar-refractivity contribution in [1.82, 2.24) is 4.98 Å². The van der Waals surface area contributed by atoms with Crippen LogP contribution in [0.2, 0.25) is 0 Å². The predicted molar refractivity (Wildman–Crippen MR) is 48.6 cm³/mol. The van der Waals surface area contributed by atoms with Crippen molar-refractivity contribution in [3.8, 4) is 0 Å². The molecule has 0 atom stereocenters. The molecule has 1 aromatic heterocycles. The van der Waals surface area contributed by atoms with E-state index >= 15 is 0 Å². The number of aromatic nitrogens is 1. The molecule has 0 radical (unpaired) electrons. The van der Waals surface area contributed by atoms with Crippen molar-refractivity contribution < 1.29 is 4.79 Å². The maximum Gasteiger partial charge on any atom is 0.194 e. The molecule has 1 heterocycles. The molecule has 1 aliphatic rings. The fraction of sp³-hybridized carbons (Fsp3) is 0.556. The Balaban J connectivity index is 2.27. The standard InChI is InChI=1S/C9H11NOS/c1-5-6(2)12-9(10-5)8(11)7-3-4-7/h7H,3-4H2,1-2H3. The van der Waals surface area contributed by atoms with E-state index < -0.39 is 0 Å². The molecule has 1 aliphatic carbocycles. The van der Waals surface area contributed by atoms with Gasteiger partial charge in [-0.3, -0.25) is 4.79 Å². The summed E-state index contributed by atoms with van der Waals surface area (Å²) in [5.74, 6) is 0.561. The number of thiazole rings is 1. The summed E-state index contributed by atoms with van der Waals surface area (Å²) in [4.78, 5) is 16.9. The quantitative estimate of drug-likeness (QED) is 0.655. The van der Waals surface area contributed by atoms with Crippen LogP contribution in [0.4, 0.5) is 0 Å². The number of aryl methyl sites for hydroxylation is 2. The van der Waals surface area contributed by atoms with Gasteiger partial charge in [-0.25, -0.2) is 4.98 Å². The lowest BCUT2D eigenvalue weighted by atomic mass is 10.3. The van der Waals surface area contributed by atoms with Gasteiger partial charge in [-0.15, -0.1) is 11.3 Å². The summed E-state index contributed by atoms with van der Waals surface area (Å²) in [7, 11) is 0. The molecule has 2 rings (SSSR count). The molecule has 1 saturated carbocycles. The van der Waals surface area contributed by atoms with Gasteiger partial charge in [0.2, 0.25) is 0 Å². The van der Waals surface area contributed by atoms with Gasteiger partial charge in [0.15, 0.2) is 10.8 Å². The largest absolute Gasteiger partial charge is 0.291 e. The third-order valence-electron chi connectivity index (χ3n) is 2.19. The summed E-state index contributed by atoms with van der Waals surface area (Å²) in [5.41, 5.74) is 1.00. The van der Waals surface area contributed by atoms with Crippen LogP contribution in [-0.2, 0) is 0 Å². The highest BCUT2D eigenvalue weighted by Gasteiger charge is 2.32. The van der Waals surface area contributed by atoms with Crippen molar-refractivity contribution >= 4 is 17.1 Å². The van der Waals surface area contributed by atoms with Crippen LogP contribution in [0.15, 0.2) is 0 Å². The summed E-state index contributed by atoms with van der Waals surface area (Å²) < 4.78 is 0. The molecule has 2 nitrogen and oxygen atoms in total. The van der Waals surface area contributed by atoms with Crippen molar-refractivity contribution in [1.29, 1.82) is 0 Å². The Hall–Kier alpha value is -0.700. The van der Waals surface area contributed by atoms with Crippen LogP contribution in [0.1, 0.15) is 33.2 Å². The molecule has 1 fully saturated rings. The number of carbonyl (C=O) groups excluding carboxylic acids is 1. The third kappa shape index (κ3) is 1.29. The molecular formula is C9H11NOS. The number of nitrogens with zero attached hydrogens (tertiary/aromatic N) is 1.